The Morgan fingerprint density at radius 2 is 2.19 bits per heavy atom. The fraction of sp³-hybridized carbons (Fsp3) is 0.417. The van der Waals surface area contributed by atoms with E-state index in [2.05, 4.69) is 11.1 Å². The van der Waals surface area contributed by atoms with Crippen molar-refractivity contribution in [2.75, 3.05) is 6.54 Å². The van der Waals surface area contributed by atoms with Gasteiger partial charge < -0.3 is 10.8 Å². The average molecular weight is 236 g/mol. The van der Waals surface area contributed by atoms with Crippen molar-refractivity contribution in [3.8, 4) is 0 Å². The molecule has 1 unspecified atom stereocenters. The van der Waals surface area contributed by atoms with E-state index in [0.717, 1.165) is 16.9 Å². The van der Waals surface area contributed by atoms with Crippen molar-refractivity contribution in [3.05, 3.63) is 29.3 Å². The zero-order valence-electron chi connectivity index (χ0n) is 9.31. The molecule has 1 atom stereocenters. The Morgan fingerprint density at radius 1 is 1.44 bits per heavy atom. The van der Waals surface area contributed by atoms with E-state index in [-0.39, 0.29) is 6.54 Å². The first-order chi connectivity index (χ1) is 7.61. The number of nitrogens with zero attached hydrogens (tertiary/aromatic N) is 1. The zero-order chi connectivity index (χ0) is 11.6. The predicted molar refractivity (Wildman–Crippen MR) is 67.6 cm³/mol. The van der Waals surface area contributed by atoms with Gasteiger partial charge in [0.15, 0.2) is 0 Å². The van der Waals surface area contributed by atoms with Crippen LogP contribution in [0.15, 0.2) is 24.3 Å². The lowest BCUT2D eigenvalue weighted by Crippen LogP contribution is -2.34. The molecule has 0 fully saturated rings. The Kier molecular flexibility index (Phi) is 3.23. The van der Waals surface area contributed by atoms with E-state index < -0.39 is 5.60 Å². The molecular weight excluding hydrogens is 220 g/mol. The van der Waals surface area contributed by atoms with Crippen molar-refractivity contribution >= 4 is 21.6 Å². The van der Waals surface area contributed by atoms with Gasteiger partial charge in [0.1, 0.15) is 0 Å². The minimum atomic E-state index is -0.780. The zero-order valence-corrected chi connectivity index (χ0v) is 10.1. The van der Waals surface area contributed by atoms with Crippen LogP contribution < -0.4 is 5.73 Å². The summed E-state index contributed by atoms with van der Waals surface area (Å²) in [7, 11) is 0. The molecule has 1 heterocycles. The largest absolute Gasteiger partial charge is 0.389 e. The van der Waals surface area contributed by atoms with Crippen LogP contribution in [0.5, 0.6) is 0 Å². The Morgan fingerprint density at radius 3 is 2.88 bits per heavy atom. The molecule has 86 valence electrons. The Labute approximate surface area is 98.9 Å². The van der Waals surface area contributed by atoms with Gasteiger partial charge in [0.05, 0.1) is 20.8 Å². The molecule has 2 aromatic rings. The molecule has 1 aromatic heterocycles. The summed E-state index contributed by atoms with van der Waals surface area (Å²) in [5, 5.41) is 10.9. The number of hydrogen-bond donors (Lipinski definition) is 2. The normalized spacial score (nSPS) is 15.2. The van der Waals surface area contributed by atoms with Crippen molar-refractivity contribution < 1.29 is 5.11 Å². The first kappa shape index (κ1) is 11.5. The molecule has 2 rings (SSSR count). The topological polar surface area (TPSA) is 59.1 Å². The highest BCUT2D eigenvalue weighted by molar-refractivity contribution is 7.18. The number of aromatic nitrogens is 1. The molecule has 0 bridgehead atoms. The molecule has 16 heavy (non-hydrogen) atoms. The molecule has 1 aromatic carbocycles. The van der Waals surface area contributed by atoms with Crippen molar-refractivity contribution in [3.63, 3.8) is 0 Å². The lowest BCUT2D eigenvalue weighted by Gasteiger charge is -2.19. The fourth-order valence-electron chi connectivity index (χ4n) is 1.51. The second-order valence-corrected chi connectivity index (χ2v) is 5.39. The van der Waals surface area contributed by atoms with Crippen LogP contribution in [0.25, 0.3) is 10.2 Å². The SMILES string of the molecule is CC(O)(CN)CCc1nc2ccccc2s1. The van der Waals surface area contributed by atoms with Crippen molar-refractivity contribution in [1.29, 1.82) is 0 Å². The Hall–Kier alpha value is -0.970. The second kappa shape index (κ2) is 4.49. The standard InChI is InChI=1S/C12H16N2OS/c1-12(15,8-13)7-6-11-14-9-4-2-3-5-10(9)16-11/h2-5,15H,6-8,13H2,1H3. The Balaban J connectivity index is 2.10. The van der Waals surface area contributed by atoms with E-state index in [4.69, 9.17) is 5.73 Å². The highest BCUT2D eigenvalue weighted by Crippen LogP contribution is 2.23. The maximum Gasteiger partial charge on any atom is 0.0939 e. The smallest absolute Gasteiger partial charge is 0.0939 e. The molecule has 0 saturated carbocycles. The molecule has 0 aliphatic carbocycles. The molecule has 0 radical (unpaired) electrons. The van der Waals surface area contributed by atoms with Crippen molar-refractivity contribution in [2.24, 2.45) is 5.73 Å². The lowest BCUT2D eigenvalue weighted by atomic mass is 10.0. The second-order valence-electron chi connectivity index (χ2n) is 4.28. The number of thiazole rings is 1. The summed E-state index contributed by atoms with van der Waals surface area (Å²) in [6.45, 7) is 2.05. The minimum Gasteiger partial charge on any atom is -0.389 e. The third kappa shape index (κ3) is 2.58. The number of nitrogens with two attached hydrogens (primary N) is 1. The molecule has 0 amide bonds. The van der Waals surface area contributed by atoms with Gasteiger partial charge in [-0.1, -0.05) is 12.1 Å². The molecule has 0 spiro atoms. The van der Waals surface area contributed by atoms with Crippen LogP contribution >= 0.6 is 11.3 Å². The first-order valence-corrected chi connectivity index (χ1v) is 6.19. The van der Waals surface area contributed by atoms with Crippen LogP contribution in [0.3, 0.4) is 0 Å². The fourth-order valence-corrected chi connectivity index (χ4v) is 2.47. The van der Waals surface area contributed by atoms with Crippen molar-refractivity contribution in [2.45, 2.75) is 25.4 Å². The quantitative estimate of drug-likeness (QED) is 0.853. The molecule has 0 aliphatic heterocycles. The predicted octanol–water partition coefficient (Wildman–Crippen LogP) is 1.94. The summed E-state index contributed by atoms with van der Waals surface area (Å²) in [5.41, 5.74) is 5.74. The van der Waals surface area contributed by atoms with Crippen LogP contribution in [-0.2, 0) is 6.42 Å². The Bertz CT molecular complexity index is 446. The number of rotatable bonds is 4. The number of para-hydroxylation sites is 1. The van der Waals surface area contributed by atoms with Gasteiger partial charge >= 0.3 is 0 Å². The summed E-state index contributed by atoms with van der Waals surface area (Å²) in [4.78, 5) is 4.52. The summed E-state index contributed by atoms with van der Waals surface area (Å²) in [6.07, 6.45) is 1.44. The first-order valence-electron chi connectivity index (χ1n) is 5.38. The molecular formula is C12H16N2OS. The van der Waals surface area contributed by atoms with Gasteiger partial charge in [0.25, 0.3) is 0 Å². The minimum absolute atomic E-state index is 0.290. The van der Waals surface area contributed by atoms with Gasteiger partial charge in [-0.25, -0.2) is 4.98 Å². The summed E-state index contributed by atoms with van der Waals surface area (Å²) in [6, 6.07) is 8.08. The summed E-state index contributed by atoms with van der Waals surface area (Å²) in [5.74, 6) is 0. The maximum absolute atomic E-state index is 9.81. The molecule has 4 heteroatoms. The van der Waals surface area contributed by atoms with Crippen LogP contribution in [0.1, 0.15) is 18.4 Å². The number of aliphatic hydroxyl groups is 1. The van der Waals surface area contributed by atoms with Crippen molar-refractivity contribution in [1.82, 2.24) is 4.98 Å². The molecule has 3 N–H and O–H groups in total. The van der Waals surface area contributed by atoms with Gasteiger partial charge in [-0.2, -0.15) is 0 Å². The third-order valence-corrected chi connectivity index (χ3v) is 3.75. The van der Waals surface area contributed by atoms with Gasteiger partial charge in [-0.3, -0.25) is 0 Å². The molecule has 3 nitrogen and oxygen atoms in total. The highest BCUT2D eigenvalue weighted by Gasteiger charge is 2.18. The van der Waals surface area contributed by atoms with E-state index in [9.17, 15) is 5.11 Å². The van der Waals surface area contributed by atoms with Crippen LogP contribution in [0.4, 0.5) is 0 Å². The molecule has 0 saturated heterocycles. The van der Waals surface area contributed by atoms with Crippen LogP contribution in [0.2, 0.25) is 0 Å². The van der Waals surface area contributed by atoms with Gasteiger partial charge in [0, 0.05) is 13.0 Å². The van der Waals surface area contributed by atoms with E-state index in [1.165, 1.54) is 4.70 Å². The number of benzene rings is 1. The van der Waals surface area contributed by atoms with E-state index >= 15 is 0 Å². The number of fused-ring (bicyclic) bond motifs is 1. The lowest BCUT2D eigenvalue weighted by molar-refractivity contribution is 0.0603. The summed E-state index contributed by atoms with van der Waals surface area (Å²) >= 11 is 1.69. The van der Waals surface area contributed by atoms with Crippen LogP contribution in [0, 0.1) is 0 Å². The van der Waals surface area contributed by atoms with E-state index in [0.29, 0.717) is 6.42 Å². The average Bonchev–Trinajstić information content (AvgIpc) is 2.69. The van der Waals surface area contributed by atoms with Gasteiger partial charge in [-0.05, 0) is 25.5 Å². The van der Waals surface area contributed by atoms with Crippen LogP contribution in [-0.4, -0.2) is 22.2 Å². The maximum atomic E-state index is 9.81. The van der Waals surface area contributed by atoms with Gasteiger partial charge in [-0.15, -0.1) is 11.3 Å². The molecule has 0 aliphatic rings. The highest BCUT2D eigenvalue weighted by atomic mass is 32.1. The van der Waals surface area contributed by atoms with Gasteiger partial charge in [0.2, 0.25) is 0 Å². The van der Waals surface area contributed by atoms with E-state index in [1.54, 1.807) is 18.3 Å². The third-order valence-electron chi connectivity index (χ3n) is 2.66. The number of hydrogen-bond acceptors (Lipinski definition) is 4. The monoisotopic (exact) mass is 236 g/mol. The van der Waals surface area contributed by atoms with E-state index in [1.807, 2.05) is 18.2 Å². The summed E-state index contributed by atoms with van der Waals surface area (Å²) < 4.78 is 1.20. The number of aryl methyl sites for hydroxylation is 1.